The Bertz CT molecular complexity index is 706. The summed E-state index contributed by atoms with van der Waals surface area (Å²) in [5.74, 6) is 0. The Kier molecular flexibility index (Phi) is 6.49. The molecule has 2 aromatic rings. The molecule has 0 aliphatic heterocycles. The topological polar surface area (TPSA) is 79.5 Å². The molecule has 1 saturated carbocycles. The second-order valence-corrected chi connectivity index (χ2v) is 7.32. The molecule has 7 heteroatoms. The number of urea groups is 1. The molecule has 138 valence electrons. The summed E-state index contributed by atoms with van der Waals surface area (Å²) in [6.45, 7) is 0.523. The zero-order valence-electron chi connectivity index (χ0n) is 14.4. The van der Waals surface area contributed by atoms with Crippen molar-refractivity contribution >= 4 is 29.1 Å². The van der Waals surface area contributed by atoms with Crippen molar-refractivity contribution in [1.82, 2.24) is 10.6 Å². The van der Waals surface area contributed by atoms with E-state index >= 15 is 0 Å². The Morgan fingerprint density at radius 1 is 1.12 bits per heavy atom. The van der Waals surface area contributed by atoms with Crippen molar-refractivity contribution in [2.75, 3.05) is 5.32 Å². The number of benzene rings is 1. The number of carbonyl (C=O) groups excluding carboxylic acids is 2. The van der Waals surface area contributed by atoms with Crippen molar-refractivity contribution in [1.29, 1.82) is 0 Å². The highest BCUT2D eigenvalue weighted by Gasteiger charge is 2.26. The largest absolute Gasteiger partial charge is 0.446 e. The van der Waals surface area contributed by atoms with E-state index in [1.165, 1.54) is 0 Å². The van der Waals surface area contributed by atoms with E-state index in [1.54, 1.807) is 11.3 Å². The summed E-state index contributed by atoms with van der Waals surface area (Å²) < 4.78 is 5.51. The first-order valence-electron chi connectivity index (χ1n) is 8.78. The molecule has 1 aliphatic rings. The minimum absolute atomic E-state index is 0.0154. The lowest BCUT2D eigenvalue weighted by atomic mass is 9.93. The molecule has 1 aromatic carbocycles. The van der Waals surface area contributed by atoms with Crippen molar-refractivity contribution in [3.8, 4) is 0 Å². The zero-order valence-corrected chi connectivity index (χ0v) is 15.3. The van der Waals surface area contributed by atoms with Crippen molar-refractivity contribution in [3.05, 3.63) is 52.7 Å². The van der Waals surface area contributed by atoms with Gasteiger partial charge in [0, 0.05) is 23.0 Å². The third-order valence-corrected chi connectivity index (χ3v) is 5.13. The lowest BCUT2D eigenvalue weighted by Gasteiger charge is -2.29. The van der Waals surface area contributed by atoms with Gasteiger partial charge < -0.3 is 15.4 Å². The number of thiophene rings is 1. The Labute approximate surface area is 156 Å². The molecule has 1 fully saturated rings. The van der Waals surface area contributed by atoms with Crippen LogP contribution in [0.5, 0.6) is 0 Å². The second kappa shape index (κ2) is 9.24. The van der Waals surface area contributed by atoms with Gasteiger partial charge in [0.2, 0.25) is 0 Å². The molecule has 3 N–H and O–H groups in total. The van der Waals surface area contributed by atoms with Gasteiger partial charge in [0.05, 0.1) is 6.54 Å². The maximum atomic E-state index is 12.0. The highest BCUT2D eigenvalue weighted by molar-refractivity contribution is 7.09. The van der Waals surface area contributed by atoms with Crippen LogP contribution >= 0.6 is 11.3 Å². The molecule has 0 saturated heterocycles. The molecule has 1 aromatic heterocycles. The minimum Gasteiger partial charge on any atom is -0.446 e. The smallest absolute Gasteiger partial charge is 0.411 e. The number of hydrogen-bond donors (Lipinski definition) is 3. The molecule has 3 amide bonds. The Hall–Kier alpha value is -2.54. The van der Waals surface area contributed by atoms with E-state index in [9.17, 15) is 9.59 Å². The Morgan fingerprint density at radius 2 is 1.96 bits per heavy atom. The first-order chi connectivity index (χ1) is 12.7. The maximum absolute atomic E-state index is 12.0. The van der Waals surface area contributed by atoms with E-state index in [2.05, 4.69) is 16.0 Å². The van der Waals surface area contributed by atoms with Gasteiger partial charge >= 0.3 is 12.1 Å². The number of nitrogens with one attached hydrogen (secondary N) is 3. The first-order valence-corrected chi connectivity index (χ1v) is 9.66. The van der Waals surface area contributed by atoms with Crippen molar-refractivity contribution in [2.45, 2.75) is 44.4 Å². The van der Waals surface area contributed by atoms with Crippen LogP contribution in [0.2, 0.25) is 0 Å². The molecule has 0 spiro atoms. The van der Waals surface area contributed by atoms with E-state index < -0.39 is 6.09 Å². The van der Waals surface area contributed by atoms with Crippen LogP contribution in [0.4, 0.5) is 15.3 Å². The molecule has 6 nitrogen and oxygen atoms in total. The van der Waals surface area contributed by atoms with Gasteiger partial charge in [-0.3, -0.25) is 5.32 Å². The summed E-state index contributed by atoms with van der Waals surface area (Å²) in [6, 6.07) is 13.0. The third kappa shape index (κ3) is 5.77. The summed E-state index contributed by atoms with van der Waals surface area (Å²) in [4.78, 5) is 25.2. The van der Waals surface area contributed by atoms with Crippen LogP contribution in [0.15, 0.2) is 47.8 Å². The SMILES string of the molecule is O=C(NCc1cccs1)N[C@@H]1CCC[C@H](OC(=O)Nc2ccccc2)C1. The summed E-state index contributed by atoms with van der Waals surface area (Å²) in [7, 11) is 0. The van der Waals surface area contributed by atoms with Gasteiger partial charge in [0.1, 0.15) is 6.10 Å². The number of hydrogen-bond acceptors (Lipinski definition) is 4. The summed E-state index contributed by atoms with van der Waals surface area (Å²) in [5, 5.41) is 10.5. The number of rotatable bonds is 5. The molecule has 0 bridgehead atoms. The molecule has 0 radical (unpaired) electrons. The molecule has 2 atom stereocenters. The average molecular weight is 373 g/mol. The van der Waals surface area contributed by atoms with Crippen LogP contribution < -0.4 is 16.0 Å². The van der Waals surface area contributed by atoms with Crippen molar-refractivity contribution < 1.29 is 14.3 Å². The van der Waals surface area contributed by atoms with Crippen LogP contribution in [0.3, 0.4) is 0 Å². The predicted molar refractivity (Wildman–Crippen MR) is 102 cm³/mol. The summed E-state index contributed by atoms with van der Waals surface area (Å²) in [5.41, 5.74) is 0.705. The number of carbonyl (C=O) groups is 2. The first kappa shape index (κ1) is 18.3. The number of amides is 3. The van der Waals surface area contributed by atoms with E-state index in [1.807, 2.05) is 47.8 Å². The number of anilines is 1. The second-order valence-electron chi connectivity index (χ2n) is 6.29. The summed E-state index contributed by atoms with van der Waals surface area (Å²) in [6.07, 6.45) is 2.62. The van der Waals surface area contributed by atoms with E-state index in [4.69, 9.17) is 4.74 Å². The molecule has 1 aliphatic carbocycles. The minimum atomic E-state index is -0.455. The molecule has 26 heavy (non-hydrogen) atoms. The number of ether oxygens (including phenoxy) is 1. The molecular formula is C19H23N3O3S. The monoisotopic (exact) mass is 373 g/mol. The van der Waals surface area contributed by atoms with Crippen LogP contribution in [0.1, 0.15) is 30.6 Å². The average Bonchev–Trinajstić information content (AvgIpc) is 3.14. The molecule has 3 rings (SSSR count). The van der Waals surface area contributed by atoms with Crippen LogP contribution in [0.25, 0.3) is 0 Å². The normalized spacial score (nSPS) is 19.4. The quantitative estimate of drug-likeness (QED) is 0.738. The maximum Gasteiger partial charge on any atom is 0.411 e. The predicted octanol–water partition coefficient (Wildman–Crippen LogP) is 4.11. The lowest BCUT2D eigenvalue weighted by molar-refractivity contribution is 0.0776. The highest BCUT2D eigenvalue weighted by atomic mass is 32.1. The van der Waals surface area contributed by atoms with Crippen LogP contribution in [-0.4, -0.2) is 24.3 Å². The van der Waals surface area contributed by atoms with E-state index in [-0.39, 0.29) is 18.2 Å². The standard InChI is InChI=1S/C19H23N3O3S/c23-18(20-13-17-10-5-11-26-17)21-15-8-4-9-16(12-15)25-19(24)22-14-6-2-1-3-7-14/h1-3,5-7,10-11,15-16H,4,8-9,12-13H2,(H,22,24)(H2,20,21,23)/t15-,16+/m1/s1. The van der Waals surface area contributed by atoms with Gasteiger partial charge in [-0.15, -0.1) is 11.3 Å². The van der Waals surface area contributed by atoms with Crippen LogP contribution in [0, 0.1) is 0 Å². The van der Waals surface area contributed by atoms with Gasteiger partial charge in [0.15, 0.2) is 0 Å². The van der Waals surface area contributed by atoms with E-state index in [0.29, 0.717) is 18.7 Å². The molecule has 0 unspecified atom stereocenters. The third-order valence-electron chi connectivity index (χ3n) is 4.26. The van der Waals surface area contributed by atoms with Gasteiger partial charge in [-0.05, 0) is 42.8 Å². The highest BCUT2D eigenvalue weighted by Crippen LogP contribution is 2.22. The van der Waals surface area contributed by atoms with Crippen molar-refractivity contribution in [2.24, 2.45) is 0 Å². The molecular weight excluding hydrogens is 350 g/mol. The van der Waals surface area contributed by atoms with Gasteiger partial charge in [-0.2, -0.15) is 0 Å². The van der Waals surface area contributed by atoms with Gasteiger partial charge in [-0.25, -0.2) is 9.59 Å². The Morgan fingerprint density at radius 3 is 2.73 bits per heavy atom. The number of para-hydroxylation sites is 1. The fraction of sp³-hybridized carbons (Fsp3) is 0.368. The van der Waals surface area contributed by atoms with Crippen molar-refractivity contribution in [3.63, 3.8) is 0 Å². The van der Waals surface area contributed by atoms with Crippen LogP contribution in [-0.2, 0) is 11.3 Å². The lowest BCUT2D eigenvalue weighted by Crippen LogP contribution is -2.45. The fourth-order valence-electron chi connectivity index (χ4n) is 3.02. The van der Waals surface area contributed by atoms with E-state index in [0.717, 1.165) is 24.1 Å². The fourth-order valence-corrected chi connectivity index (χ4v) is 3.66. The molecule has 1 heterocycles. The van der Waals surface area contributed by atoms with Gasteiger partial charge in [0.25, 0.3) is 0 Å². The van der Waals surface area contributed by atoms with Gasteiger partial charge in [-0.1, -0.05) is 24.3 Å². The zero-order chi connectivity index (χ0) is 18.2. The Balaban J connectivity index is 1.40. The summed E-state index contributed by atoms with van der Waals surface area (Å²) >= 11 is 1.61.